The molecule has 0 bridgehead atoms. The molecular formula is C31H31NO4. The minimum Gasteiger partial charge on any atom is -0.494 e. The molecule has 1 aliphatic heterocycles. The summed E-state index contributed by atoms with van der Waals surface area (Å²) in [5.41, 5.74) is 4.66. The number of unbranched alkanes of at least 4 members (excludes halogenated alkanes) is 2. The molecule has 5 heteroatoms. The van der Waals surface area contributed by atoms with E-state index in [0.717, 1.165) is 47.3 Å². The van der Waals surface area contributed by atoms with Crippen LogP contribution in [0.1, 0.15) is 70.6 Å². The van der Waals surface area contributed by atoms with Crippen LogP contribution in [0.4, 0.5) is 0 Å². The first-order chi connectivity index (χ1) is 17.5. The lowest BCUT2D eigenvalue weighted by Crippen LogP contribution is -2.29. The lowest BCUT2D eigenvalue weighted by molar-refractivity contribution is 0.0714. The predicted octanol–water partition coefficient (Wildman–Crippen LogP) is 6.72. The van der Waals surface area contributed by atoms with Crippen LogP contribution in [0, 0.1) is 13.8 Å². The maximum atomic E-state index is 13.8. The molecule has 1 aliphatic rings. The Morgan fingerprint density at radius 1 is 0.889 bits per heavy atom. The van der Waals surface area contributed by atoms with Gasteiger partial charge in [0, 0.05) is 6.54 Å². The quantitative estimate of drug-likeness (QED) is 0.262. The summed E-state index contributed by atoms with van der Waals surface area (Å²) in [7, 11) is 0. The van der Waals surface area contributed by atoms with Crippen LogP contribution >= 0.6 is 0 Å². The Morgan fingerprint density at radius 2 is 1.61 bits per heavy atom. The van der Waals surface area contributed by atoms with Crippen molar-refractivity contribution in [1.29, 1.82) is 0 Å². The second-order valence-electron chi connectivity index (χ2n) is 9.62. The van der Waals surface area contributed by atoms with Crippen LogP contribution in [0.25, 0.3) is 11.0 Å². The number of carbonyl (C=O) groups excluding carboxylic acids is 1. The molecule has 5 rings (SSSR count). The molecule has 1 atom stereocenters. The van der Waals surface area contributed by atoms with Crippen LogP contribution in [0.15, 0.2) is 75.9 Å². The fourth-order valence-corrected chi connectivity index (χ4v) is 4.82. The van der Waals surface area contributed by atoms with Gasteiger partial charge in [-0.2, -0.15) is 0 Å². The molecule has 1 unspecified atom stereocenters. The van der Waals surface area contributed by atoms with Crippen molar-refractivity contribution >= 4 is 16.9 Å². The number of benzene rings is 3. The van der Waals surface area contributed by atoms with Crippen LogP contribution in [0.5, 0.6) is 5.75 Å². The van der Waals surface area contributed by atoms with E-state index in [-0.39, 0.29) is 17.1 Å². The SMILES string of the molecule is CCCCCOc1ccc(C2c3c(oc4ccc(C)cc4c3=O)C(=O)N2Cc2ccc(C)cc2)cc1. The zero-order valence-electron chi connectivity index (χ0n) is 21.0. The smallest absolute Gasteiger partial charge is 0.291 e. The third kappa shape index (κ3) is 4.53. The molecule has 5 nitrogen and oxygen atoms in total. The van der Waals surface area contributed by atoms with Crippen molar-refractivity contribution in [2.75, 3.05) is 6.61 Å². The highest BCUT2D eigenvalue weighted by Crippen LogP contribution is 2.39. The van der Waals surface area contributed by atoms with Gasteiger partial charge < -0.3 is 14.1 Å². The van der Waals surface area contributed by atoms with Crippen molar-refractivity contribution in [3.63, 3.8) is 0 Å². The molecule has 0 spiro atoms. The van der Waals surface area contributed by atoms with E-state index in [4.69, 9.17) is 9.15 Å². The number of fused-ring (bicyclic) bond motifs is 2. The maximum absolute atomic E-state index is 13.8. The molecule has 0 saturated carbocycles. The first kappa shape index (κ1) is 23.9. The van der Waals surface area contributed by atoms with E-state index in [2.05, 4.69) is 6.92 Å². The average Bonchev–Trinajstić information content (AvgIpc) is 3.15. The number of carbonyl (C=O) groups is 1. The minimum absolute atomic E-state index is 0.133. The lowest BCUT2D eigenvalue weighted by atomic mass is 9.97. The van der Waals surface area contributed by atoms with Gasteiger partial charge in [0.05, 0.1) is 23.6 Å². The van der Waals surface area contributed by atoms with Crippen molar-refractivity contribution in [1.82, 2.24) is 4.90 Å². The number of nitrogens with zero attached hydrogens (tertiary/aromatic N) is 1. The van der Waals surface area contributed by atoms with E-state index in [1.165, 1.54) is 0 Å². The Labute approximate surface area is 211 Å². The minimum atomic E-state index is -0.538. The van der Waals surface area contributed by atoms with Crippen LogP contribution < -0.4 is 10.2 Å². The second-order valence-corrected chi connectivity index (χ2v) is 9.62. The maximum Gasteiger partial charge on any atom is 0.291 e. The lowest BCUT2D eigenvalue weighted by Gasteiger charge is -2.25. The summed E-state index contributed by atoms with van der Waals surface area (Å²) >= 11 is 0. The molecule has 0 radical (unpaired) electrons. The third-order valence-electron chi connectivity index (χ3n) is 6.81. The zero-order chi connectivity index (χ0) is 25.2. The van der Waals surface area contributed by atoms with Crippen LogP contribution in [0.3, 0.4) is 0 Å². The van der Waals surface area contributed by atoms with Gasteiger partial charge in [0.15, 0.2) is 5.43 Å². The van der Waals surface area contributed by atoms with Crippen LogP contribution in [0.2, 0.25) is 0 Å². The highest BCUT2D eigenvalue weighted by Gasteiger charge is 2.42. The Morgan fingerprint density at radius 3 is 2.33 bits per heavy atom. The van der Waals surface area contributed by atoms with Gasteiger partial charge in [-0.1, -0.05) is 73.4 Å². The molecule has 3 aromatic carbocycles. The highest BCUT2D eigenvalue weighted by atomic mass is 16.5. The van der Waals surface area contributed by atoms with Crippen molar-refractivity contribution in [3.8, 4) is 5.75 Å². The monoisotopic (exact) mass is 481 g/mol. The molecule has 0 aliphatic carbocycles. The van der Waals surface area contributed by atoms with Gasteiger partial charge in [0.25, 0.3) is 5.91 Å². The molecule has 36 heavy (non-hydrogen) atoms. The van der Waals surface area contributed by atoms with Crippen LogP contribution in [-0.4, -0.2) is 17.4 Å². The second kappa shape index (κ2) is 10.0. The summed E-state index contributed by atoms with van der Waals surface area (Å²) in [5.74, 6) is 0.647. The first-order valence-electron chi connectivity index (χ1n) is 12.6. The molecular weight excluding hydrogens is 450 g/mol. The van der Waals surface area contributed by atoms with E-state index in [0.29, 0.717) is 29.7 Å². The summed E-state index contributed by atoms with van der Waals surface area (Å²) in [6, 6.07) is 20.8. The van der Waals surface area contributed by atoms with E-state index in [1.54, 1.807) is 11.0 Å². The van der Waals surface area contributed by atoms with E-state index in [9.17, 15) is 9.59 Å². The molecule has 2 heterocycles. The van der Waals surface area contributed by atoms with E-state index < -0.39 is 6.04 Å². The number of aryl methyl sites for hydroxylation is 2. The van der Waals surface area contributed by atoms with Crippen molar-refractivity contribution < 1.29 is 13.9 Å². The zero-order valence-corrected chi connectivity index (χ0v) is 21.0. The molecule has 0 saturated heterocycles. The van der Waals surface area contributed by atoms with Crippen LogP contribution in [-0.2, 0) is 6.54 Å². The molecule has 1 amide bonds. The van der Waals surface area contributed by atoms with Gasteiger partial charge in [-0.05, 0) is 55.7 Å². The van der Waals surface area contributed by atoms with Gasteiger partial charge >= 0.3 is 0 Å². The van der Waals surface area contributed by atoms with Gasteiger partial charge in [-0.3, -0.25) is 9.59 Å². The molecule has 1 aromatic heterocycles. The molecule has 4 aromatic rings. The van der Waals surface area contributed by atoms with Gasteiger partial charge in [0.2, 0.25) is 5.76 Å². The first-order valence-corrected chi connectivity index (χ1v) is 12.6. The molecule has 0 fully saturated rings. The summed E-state index contributed by atoms with van der Waals surface area (Å²) in [6.45, 7) is 7.19. The van der Waals surface area contributed by atoms with Crippen molar-refractivity contribution in [2.45, 2.75) is 52.6 Å². The summed E-state index contributed by atoms with van der Waals surface area (Å²) < 4.78 is 12.0. The Bertz CT molecular complexity index is 1450. The van der Waals surface area contributed by atoms with Gasteiger partial charge in [-0.25, -0.2) is 0 Å². The van der Waals surface area contributed by atoms with Gasteiger partial charge in [0.1, 0.15) is 11.3 Å². The number of hydrogen-bond donors (Lipinski definition) is 0. The summed E-state index contributed by atoms with van der Waals surface area (Å²) in [5, 5.41) is 0.500. The number of amides is 1. The predicted molar refractivity (Wildman–Crippen MR) is 142 cm³/mol. The van der Waals surface area contributed by atoms with Gasteiger partial charge in [-0.15, -0.1) is 0 Å². The Balaban J connectivity index is 1.57. The Kier molecular flexibility index (Phi) is 6.64. The number of ether oxygens (including phenoxy) is 1. The summed E-state index contributed by atoms with van der Waals surface area (Å²) in [6.07, 6.45) is 3.29. The fourth-order valence-electron chi connectivity index (χ4n) is 4.82. The topological polar surface area (TPSA) is 59.8 Å². The standard InChI is InChI=1S/C31H31NO4/c1-4-5-6-17-35-24-14-12-23(13-15-24)28-27-29(33)25-18-21(3)9-16-26(25)36-30(27)31(34)32(28)19-22-10-7-20(2)8-11-22/h7-16,18,28H,4-6,17,19H2,1-3H3. The van der Waals surface area contributed by atoms with Crippen molar-refractivity contribution in [2.24, 2.45) is 0 Å². The normalized spacial score (nSPS) is 14.9. The number of hydrogen-bond acceptors (Lipinski definition) is 4. The average molecular weight is 482 g/mol. The third-order valence-corrected chi connectivity index (χ3v) is 6.81. The van der Waals surface area contributed by atoms with Crippen molar-refractivity contribution in [3.05, 3.63) is 111 Å². The Hall–Kier alpha value is -3.86. The molecule has 184 valence electrons. The number of rotatable bonds is 8. The fraction of sp³-hybridized carbons (Fsp3) is 0.290. The highest BCUT2D eigenvalue weighted by molar-refractivity contribution is 5.99. The van der Waals surface area contributed by atoms with E-state index >= 15 is 0 Å². The molecule has 0 N–H and O–H groups in total. The largest absolute Gasteiger partial charge is 0.494 e. The summed E-state index contributed by atoms with van der Waals surface area (Å²) in [4.78, 5) is 29.1. The van der Waals surface area contributed by atoms with E-state index in [1.807, 2.05) is 74.5 Å².